The molecule has 0 heterocycles. The van der Waals surface area contributed by atoms with E-state index in [1.165, 1.54) is 0 Å². The lowest BCUT2D eigenvalue weighted by molar-refractivity contribution is -0.123. The Kier molecular flexibility index (Phi) is 7.79. The molecule has 0 aliphatic rings. The highest BCUT2D eigenvalue weighted by Gasteiger charge is 2.10. The number of nitrogens with zero attached hydrogens (tertiary/aromatic N) is 1. The number of ether oxygens (including phenoxy) is 1. The van der Waals surface area contributed by atoms with Gasteiger partial charge in [-0.05, 0) is 30.7 Å². The smallest absolute Gasteiger partial charge is 0.277 e. The summed E-state index contributed by atoms with van der Waals surface area (Å²) in [5.74, 6) is -0.267. The largest absolute Gasteiger partial charge is 0.482 e. The summed E-state index contributed by atoms with van der Waals surface area (Å²) in [6.45, 7) is 1.43. The van der Waals surface area contributed by atoms with E-state index in [9.17, 15) is 9.59 Å². The number of anilines is 1. The molecule has 0 radical (unpaired) electrons. The lowest BCUT2D eigenvalue weighted by Crippen LogP contribution is -2.26. The lowest BCUT2D eigenvalue weighted by atomic mass is 10.0. The van der Waals surface area contributed by atoms with Gasteiger partial charge in [0.25, 0.3) is 5.91 Å². The third-order valence-corrected chi connectivity index (χ3v) is 4.58. The molecule has 158 valence electrons. The van der Waals surface area contributed by atoms with Gasteiger partial charge in [-0.1, -0.05) is 72.3 Å². The zero-order valence-corrected chi connectivity index (χ0v) is 17.7. The Bertz CT molecular complexity index is 1080. The first-order valence-corrected chi connectivity index (χ1v) is 10.0. The van der Waals surface area contributed by atoms with Crippen molar-refractivity contribution in [1.29, 1.82) is 0 Å². The molecule has 0 bridgehead atoms. The van der Waals surface area contributed by atoms with Gasteiger partial charge in [0.05, 0.1) is 11.4 Å². The van der Waals surface area contributed by atoms with E-state index in [-0.39, 0.29) is 18.9 Å². The van der Waals surface area contributed by atoms with Crippen molar-refractivity contribution in [2.75, 3.05) is 11.9 Å². The maximum Gasteiger partial charge on any atom is 0.277 e. The summed E-state index contributed by atoms with van der Waals surface area (Å²) in [5.41, 5.74) is 5.49. The molecule has 0 saturated heterocycles. The Hall–Kier alpha value is -3.64. The number of nitrogens with one attached hydrogen (secondary N) is 2. The molecule has 0 aromatic heterocycles. The quantitative estimate of drug-likeness (QED) is 0.390. The van der Waals surface area contributed by atoms with E-state index >= 15 is 0 Å². The fourth-order valence-electron chi connectivity index (χ4n) is 2.82. The molecule has 3 rings (SSSR count). The molecule has 0 spiro atoms. The highest BCUT2D eigenvalue weighted by Crippen LogP contribution is 2.27. The van der Waals surface area contributed by atoms with Crippen LogP contribution in [0.1, 0.15) is 13.3 Å². The van der Waals surface area contributed by atoms with Gasteiger partial charge in [-0.3, -0.25) is 9.59 Å². The highest BCUT2D eigenvalue weighted by atomic mass is 35.5. The van der Waals surface area contributed by atoms with Gasteiger partial charge in [-0.15, -0.1) is 0 Å². The molecule has 3 aromatic carbocycles. The molecule has 6 nitrogen and oxygen atoms in total. The minimum atomic E-state index is -0.450. The number of benzene rings is 3. The molecule has 0 unspecified atom stereocenters. The number of para-hydroxylation sites is 2. The number of hydrogen-bond acceptors (Lipinski definition) is 4. The van der Waals surface area contributed by atoms with E-state index < -0.39 is 5.91 Å². The first-order chi connectivity index (χ1) is 15.0. The number of halogens is 1. The van der Waals surface area contributed by atoms with Gasteiger partial charge in [0.1, 0.15) is 5.75 Å². The molecule has 7 heteroatoms. The molecule has 0 atom stereocenters. The summed E-state index contributed by atoms with van der Waals surface area (Å²) in [7, 11) is 0. The Morgan fingerprint density at radius 1 is 0.903 bits per heavy atom. The van der Waals surface area contributed by atoms with Gasteiger partial charge >= 0.3 is 0 Å². The van der Waals surface area contributed by atoms with Crippen LogP contribution in [0.2, 0.25) is 5.02 Å². The van der Waals surface area contributed by atoms with Crippen LogP contribution in [-0.2, 0) is 9.59 Å². The van der Waals surface area contributed by atoms with Crippen molar-refractivity contribution < 1.29 is 14.3 Å². The third kappa shape index (κ3) is 6.69. The SMILES string of the molecule is CC(CC(=O)Nc1ccccc1-c1ccccc1)=NNC(=O)COc1ccccc1Cl. The summed E-state index contributed by atoms with van der Waals surface area (Å²) >= 11 is 5.98. The maximum atomic E-state index is 12.5. The predicted molar refractivity (Wildman–Crippen MR) is 123 cm³/mol. The van der Waals surface area contributed by atoms with Crippen LogP contribution in [0.4, 0.5) is 5.69 Å². The zero-order valence-electron chi connectivity index (χ0n) is 17.0. The molecule has 3 aromatic rings. The number of amides is 2. The molecule has 0 aliphatic heterocycles. The van der Waals surface area contributed by atoms with Crippen LogP contribution in [0, 0.1) is 0 Å². The highest BCUT2D eigenvalue weighted by molar-refractivity contribution is 6.32. The number of carbonyl (C=O) groups excluding carboxylic acids is 2. The molecule has 2 amide bonds. The first-order valence-electron chi connectivity index (χ1n) is 9.66. The van der Waals surface area contributed by atoms with E-state index in [4.69, 9.17) is 16.3 Å². The van der Waals surface area contributed by atoms with Gasteiger partial charge in [-0.2, -0.15) is 5.10 Å². The van der Waals surface area contributed by atoms with Crippen molar-refractivity contribution >= 4 is 34.8 Å². The van der Waals surface area contributed by atoms with Crippen molar-refractivity contribution in [2.45, 2.75) is 13.3 Å². The molecule has 0 saturated carbocycles. The van der Waals surface area contributed by atoms with E-state index in [0.29, 0.717) is 22.2 Å². The number of hydrazone groups is 1. The van der Waals surface area contributed by atoms with E-state index in [1.807, 2.05) is 54.6 Å². The topological polar surface area (TPSA) is 79.8 Å². The van der Waals surface area contributed by atoms with Gasteiger partial charge in [0.2, 0.25) is 5.91 Å². The second kappa shape index (κ2) is 10.9. The Morgan fingerprint density at radius 2 is 1.58 bits per heavy atom. The van der Waals surface area contributed by atoms with E-state index in [2.05, 4.69) is 15.8 Å². The predicted octanol–water partition coefficient (Wildman–Crippen LogP) is 4.91. The van der Waals surface area contributed by atoms with E-state index in [0.717, 1.165) is 11.1 Å². The van der Waals surface area contributed by atoms with Gasteiger partial charge in [0.15, 0.2) is 6.61 Å². The number of rotatable bonds is 8. The third-order valence-electron chi connectivity index (χ3n) is 4.27. The van der Waals surface area contributed by atoms with Crippen molar-refractivity contribution in [1.82, 2.24) is 5.43 Å². The minimum absolute atomic E-state index is 0.0365. The zero-order chi connectivity index (χ0) is 22.1. The monoisotopic (exact) mass is 435 g/mol. The molecule has 0 aliphatic carbocycles. The average molecular weight is 436 g/mol. The van der Waals surface area contributed by atoms with Crippen LogP contribution in [0.3, 0.4) is 0 Å². The van der Waals surface area contributed by atoms with Gasteiger partial charge in [-0.25, -0.2) is 5.43 Å². The number of carbonyl (C=O) groups is 2. The van der Waals surface area contributed by atoms with Crippen LogP contribution in [0.15, 0.2) is 84.0 Å². The molecular weight excluding hydrogens is 414 g/mol. The summed E-state index contributed by atoms with van der Waals surface area (Å²) in [4.78, 5) is 24.4. The Morgan fingerprint density at radius 3 is 2.35 bits per heavy atom. The van der Waals surface area contributed by atoms with Gasteiger partial charge < -0.3 is 10.1 Å². The fraction of sp³-hybridized carbons (Fsp3) is 0.125. The molecule has 31 heavy (non-hydrogen) atoms. The first kappa shape index (κ1) is 22.1. The minimum Gasteiger partial charge on any atom is -0.482 e. The second-order valence-corrected chi connectivity index (χ2v) is 7.14. The van der Waals surface area contributed by atoms with Crippen LogP contribution >= 0.6 is 11.6 Å². The Balaban J connectivity index is 1.52. The van der Waals surface area contributed by atoms with Crippen LogP contribution in [0.5, 0.6) is 5.75 Å². The van der Waals surface area contributed by atoms with Crippen molar-refractivity contribution in [2.24, 2.45) is 5.10 Å². The van der Waals surface area contributed by atoms with Crippen LogP contribution in [0.25, 0.3) is 11.1 Å². The normalized spacial score (nSPS) is 11.0. The van der Waals surface area contributed by atoms with Crippen molar-refractivity contribution in [3.8, 4) is 16.9 Å². The van der Waals surface area contributed by atoms with Crippen molar-refractivity contribution in [3.63, 3.8) is 0 Å². The second-order valence-electron chi connectivity index (χ2n) is 6.74. The molecular formula is C24H22ClN3O3. The van der Waals surface area contributed by atoms with E-state index in [1.54, 1.807) is 31.2 Å². The summed E-state index contributed by atoms with van der Waals surface area (Å²) in [5, 5.41) is 7.29. The molecule has 2 N–H and O–H groups in total. The fourth-order valence-corrected chi connectivity index (χ4v) is 3.01. The summed E-state index contributed by atoms with van der Waals surface area (Å²) in [6.07, 6.45) is 0.0365. The summed E-state index contributed by atoms with van der Waals surface area (Å²) in [6, 6.07) is 24.3. The maximum absolute atomic E-state index is 12.5. The van der Waals surface area contributed by atoms with Crippen molar-refractivity contribution in [3.05, 3.63) is 83.9 Å². The van der Waals surface area contributed by atoms with Crippen LogP contribution in [-0.4, -0.2) is 24.1 Å². The number of hydrogen-bond donors (Lipinski definition) is 2. The van der Waals surface area contributed by atoms with Crippen LogP contribution < -0.4 is 15.5 Å². The lowest BCUT2D eigenvalue weighted by Gasteiger charge is -2.11. The average Bonchev–Trinajstić information content (AvgIpc) is 2.78. The Labute approximate surface area is 185 Å². The van der Waals surface area contributed by atoms with Gasteiger partial charge in [0, 0.05) is 17.0 Å². The standard InChI is InChI=1S/C24H22ClN3O3/c1-17(27-28-24(30)16-31-22-14-8-6-12-20(22)25)15-23(29)26-21-13-7-5-11-19(21)18-9-3-2-4-10-18/h2-14H,15-16H2,1H3,(H,26,29)(H,28,30). The summed E-state index contributed by atoms with van der Waals surface area (Å²) < 4.78 is 5.35. The molecule has 0 fully saturated rings.